The summed E-state index contributed by atoms with van der Waals surface area (Å²) in [5.74, 6) is -0.568. The van der Waals surface area contributed by atoms with Crippen molar-refractivity contribution in [3.8, 4) is 28.0 Å². The van der Waals surface area contributed by atoms with Gasteiger partial charge in [-0.2, -0.15) is 0 Å². The van der Waals surface area contributed by atoms with Crippen molar-refractivity contribution >= 4 is 40.4 Å². The molecule has 0 spiro atoms. The molecule has 4 aromatic rings. The predicted octanol–water partition coefficient (Wildman–Crippen LogP) is 5.19. The highest BCUT2D eigenvalue weighted by Crippen LogP contribution is 2.43. The van der Waals surface area contributed by atoms with Crippen LogP contribution >= 0.6 is 11.6 Å². The first-order chi connectivity index (χ1) is 18.7. The number of nitrogens with one attached hydrogen (secondary N) is 2. The molecule has 5 rings (SSSR count). The number of piperazine rings is 1. The molecule has 0 aliphatic carbocycles. The van der Waals surface area contributed by atoms with Gasteiger partial charge in [-0.3, -0.25) is 9.69 Å². The Kier molecular flexibility index (Phi) is 7.45. The van der Waals surface area contributed by atoms with Crippen LogP contribution < -0.4 is 15.1 Å². The number of halogens is 2. The maximum Gasteiger partial charge on any atom is 0.218 e. The first-order valence-corrected chi connectivity index (χ1v) is 13.0. The quantitative estimate of drug-likeness (QED) is 0.276. The van der Waals surface area contributed by atoms with Crippen molar-refractivity contribution < 1.29 is 14.3 Å². The van der Waals surface area contributed by atoms with Gasteiger partial charge >= 0.3 is 0 Å². The molecule has 0 radical (unpaired) electrons. The van der Waals surface area contributed by atoms with Crippen molar-refractivity contribution in [1.29, 1.82) is 0 Å². The van der Waals surface area contributed by atoms with E-state index in [9.17, 15) is 9.90 Å². The van der Waals surface area contributed by atoms with Crippen molar-refractivity contribution in [3.63, 3.8) is 0 Å². The summed E-state index contributed by atoms with van der Waals surface area (Å²) in [6, 6.07) is 11.7. The number of nitrogens with zero attached hydrogens (tertiary/aromatic N) is 4. The van der Waals surface area contributed by atoms with Crippen molar-refractivity contribution in [2.45, 2.75) is 13.0 Å². The fourth-order valence-corrected chi connectivity index (χ4v) is 5.16. The molecule has 1 aromatic heterocycles. The number of fused-ring (bicyclic) bond motifs is 1. The highest BCUT2D eigenvalue weighted by atomic mass is 35.5. The minimum atomic E-state index is -0.497. The van der Waals surface area contributed by atoms with Crippen molar-refractivity contribution in [1.82, 2.24) is 20.2 Å². The lowest BCUT2D eigenvalue weighted by molar-refractivity contribution is -0.106. The maximum atomic E-state index is 15.0. The van der Waals surface area contributed by atoms with Crippen molar-refractivity contribution in [3.05, 3.63) is 72.0 Å². The number of aromatic amines is 1. The first kappa shape index (κ1) is 26.5. The summed E-state index contributed by atoms with van der Waals surface area (Å²) in [6.07, 6.45) is 5.60. The van der Waals surface area contributed by atoms with E-state index >= 15 is 4.39 Å². The number of hydrogen-bond donors (Lipinski definition) is 3. The Hall–Kier alpha value is -4.08. The lowest BCUT2D eigenvalue weighted by Gasteiger charge is -2.34. The van der Waals surface area contributed by atoms with Crippen LogP contribution in [-0.2, 0) is 4.79 Å². The number of amides is 1. The number of aromatic hydroxyl groups is 1. The van der Waals surface area contributed by atoms with Gasteiger partial charge in [0.25, 0.3) is 0 Å². The molecule has 8 nitrogen and oxygen atoms in total. The summed E-state index contributed by atoms with van der Waals surface area (Å²) in [5.41, 5.74) is 4.84. The Morgan fingerprint density at radius 3 is 2.59 bits per heavy atom. The van der Waals surface area contributed by atoms with Gasteiger partial charge in [0.05, 0.1) is 28.2 Å². The lowest BCUT2D eigenvalue weighted by atomic mass is 9.95. The molecule has 0 unspecified atom stereocenters. The van der Waals surface area contributed by atoms with Crippen LogP contribution in [0.3, 0.4) is 0 Å². The molecular weight excluding hydrogens is 519 g/mol. The van der Waals surface area contributed by atoms with Gasteiger partial charge in [-0.1, -0.05) is 17.7 Å². The average Bonchev–Trinajstić information content (AvgIpc) is 3.39. The highest BCUT2D eigenvalue weighted by molar-refractivity contribution is 6.34. The van der Waals surface area contributed by atoms with E-state index in [-0.39, 0.29) is 10.8 Å². The number of imidazole rings is 1. The van der Waals surface area contributed by atoms with E-state index in [1.807, 2.05) is 26.2 Å². The van der Waals surface area contributed by atoms with Gasteiger partial charge in [-0.25, -0.2) is 9.37 Å². The number of rotatable bonds is 7. The Morgan fingerprint density at radius 2 is 1.90 bits per heavy atom. The van der Waals surface area contributed by atoms with Gasteiger partial charge < -0.3 is 25.2 Å². The summed E-state index contributed by atoms with van der Waals surface area (Å²) in [4.78, 5) is 24.7. The molecule has 10 heteroatoms. The predicted molar refractivity (Wildman–Crippen MR) is 155 cm³/mol. The zero-order valence-corrected chi connectivity index (χ0v) is 22.7. The third-order valence-corrected chi connectivity index (χ3v) is 7.08. The van der Waals surface area contributed by atoms with E-state index in [4.69, 9.17) is 11.6 Å². The Labute approximate surface area is 231 Å². The second kappa shape index (κ2) is 11.0. The number of anilines is 2. The van der Waals surface area contributed by atoms with Crippen molar-refractivity contribution in [2.75, 3.05) is 43.5 Å². The molecule has 1 aliphatic rings. The molecule has 39 heavy (non-hydrogen) atoms. The van der Waals surface area contributed by atoms with Crippen molar-refractivity contribution in [2.24, 2.45) is 0 Å². The van der Waals surface area contributed by atoms with E-state index in [1.165, 1.54) is 17.0 Å². The maximum absolute atomic E-state index is 15.0. The Morgan fingerprint density at radius 1 is 1.13 bits per heavy atom. The van der Waals surface area contributed by atoms with E-state index < -0.39 is 5.82 Å². The van der Waals surface area contributed by atoms with E-state index in [0.29, 0.717) is 40.4 Å². The monoisotopic (exact) mass is 548 g/mol. The van der Waals surface area contributed by atoms with Crippen LogP contribution in [0.2, 0.25) is 5.02 Å². The molecule has 3 N–H and O–H groups in total. The first-order valence-electron chi connectivity index (χ1n) is 12.6. The number of hydrogen-bond acceptors (Lipinski definition) is 6. The molecule has 1 saturated heterocycles. The summed E-state index contributed by atoms with van der Waals surface area (Å²) in [7, 11) is 3.68. The normalized spacial score (nSPS) is 15.7. The molecule has 3 aromatic carbocycles. The molecule has 1 aliphatic heterocycles. The summed E-state index contributed by atoms with van der Waals surface area (Å²) in [5, 5.41) is 15.1. The molecule has 2 heterocycles. The van der Waals surface area contributed by atoms with Crippen LogP contribution in [0.5, 0.6) is 5.75 Å². The fraction of sp³-hybridized carbons (Fsp3) is 0.241. The average molecular weight is 549 g/mol. The summed E-state index contributed by atoms with van der Waals surface area (Å²) >= 11 is 6.54. The third kappa shape index (κ3) is 5.41. The Balaban J connectivity index is 1.57. The van der Waals surface area contributed by atoms with Gasteiger partial charge in [0.1, 0.15) is 17.1 Å². The number of benzene rings is 3. The standard InChI is InChI=1S/C29H30ClFN6O2/c1-18-15-36(7-6-32-18)27-12-20(11-25-28(27)34-16-33-25)23-14-21(31)13-22(29(23)39)19-4-5-26(24(30)10-19)37(17-38)9-8-35(2)3/h4-5,8-14,16-18,32,39H,6-7,15H2,1-3H3,(H,33,34)/b9-8-/t18-/m1/s1. The minimum Gasteiger partial charge on any atom is -0.507 e. The second-order valence-corrected chi connectivity index (χ2v) is 10.3. The molecule has 1 amide bonds. The van der Waals surface area contributed by atoms with Crippen LogP contribution in [0.15, 0.2) is 61.2 Å². The van der Waals surface area contributed by atoms with E-state index in [0.717, 1.165) is 36.4 Å². The number of H-pyrrole nitrogens is 1. The topological polar surface area (TPSA) is 87.7 Å². The highest BCUT2D eigenvalue weighted by Gasteiger charge is 2.22. The van der Waals surface area contributed by atoms with E-state index in [1.54, 1.807) is 41.8 Å². The Bertz CT molecular complexity index is 1550. The molecule has 0 bridgehead atoms. The van der Waals surface area contributed by atoms with Crippen LogP contribution in [0, 0.1) is 5.82 Å². The number of carbonyl (C=O) groups excluding carboxylic acids is 1. The smallest absolute Gasteiger partial charge is 0.218 e. The fourth-order valence-electron chi connectivity index (χ4n) is 4.88. The third-order valence-electron chi connectivity index (χ3n) is 6.77. The molecule has 202 valence electrons. The van der Waals surface area contributed by atoms with Gasteiger partial charge in [0, 0.05) is 63.3 Å². The molecular formula is C29H30ClFN6O2. The van der Waals surface area contributed by atoms with Crippen LogP contribution in [0.25, 0.3) is 33.3 Å². The molecule has 1 atom stereocenters. The summed E-state index contributed by atoms with van der Waals surface area (Å²) < 4.78 is 15.0. The van der Waals surface area contributed by atoms with Gasteiger partial charge in [0.2, 0.25) is 6.41 Å². The zero-order valence-electron chi connectivity index (χ0n) is 21.9. The SMILES string of the molecule is C[C@@H]1CN(c2cc(-c3cc(F)cc(-c4ccc(N(C=O)/C=C\N(C)C)c(Cl)c4)c3O)cc3[nH]cnc23)CCN1. The van der Waals surface area contributed by atoms with Gasteiger partial charge in [-0.15, -0.1) is 0 Å². The number of aromatic nitrogens is 2. The second-order valence-electron chi connectivity index (χ2n) is 9.89. The molecule has 0 saturated carbocycles. The van der Waals surface area contributed by atoms with Crippen LogP contribution in [0.1, 0.15) is 6.92 Å². The largest absolute Gasteiger partial charge is 0.507 e. The van der Waals surface area contributed by atoms with Gasteiger partial charge in [-0.05, 0) is 54.4 Å². The molecule has 1 fully saturated rings. The number of carbonyl (C=O) groups is 1. The number of phenols is 1. The van der Waals surface area contributed by atoms with Crippen LogP contribution in [-0.4, -0.2) is 66.2 Å². The minimum absolute atomic E-state index is 0.0709. The van der Waals surface area contributed by atoms with Crippen LogP contribution in [0.4, 0.5) is 15.8 Å². The zero-order chi connectivity index (χ0) is 27.7. The number of phenolic OH excluding ortho intramolecular Hbond substituents is 1. The van der Waals surface area contributed by atoms with E-state index in [2.05, 4.69) is 27.1 Å². The lowest BCUT2D eigenvalue weighted by Crippen LogP contribution is -2.49. The summed E-state index contributed by atoms with van der Waals surface area (Å²) in [6.45, 7) is 4.59. The van der Waals surface area contributed by atoms with Gasteiger partial charge in [0.15, 0.2) is 0 Å².